The number of hydrogen-bond acceptors (Lipinski definition) is 3. The molecular weight excluding hydrogens is 216 g/mol. The minimum absolute atomic E-state index is 0.101. The van der Waals surface area contributed by atoms with Crippen molar-refractivity contribution in [3.63, 3.8) is 0 Å². The van der Waals surface area contributed by atoms with Gasteiger partial charge in [-0.05, 0) is 30.7 Å². The average Bonchev–Trinajstić information content (AvgIpc) is 2.79. The molecule has 2 heterocycles. The Morgan fingerprint density at radius 2 is 2.29 bits per heavy atom. The summed E-state index contributed by atoms with van der Waals surface area (Å²) >= 11 is 0. The molecular formula is C12H14N4O. The number of nitrogens with two attached hydrogens (primary N) is 1. The molecule has 3 N–H and O–H groups in total. The van der Waals surface area contributed by atoms with Crippen LogP contribution >= 0.6 is 0 Å². The zero-order valence-corrected chi connectivity index (χ0v) is 9.54. The maximum Gasteiger partial charge on any atom is 0.186 e. The molecule has 0 aromatic carbocycles. The van der Waals surface area contributed by atoms with Crippen LogP contribution in [0.15, 0.2) is 41.8 Å². The molecule has 0 unspecified atom stereocenters. The van der Waals surface area contributed by atoms with Gasteiger partial charge in [-0.2, -0.15) is 0 Å². The lowest BCUT2D eigenvalue weighted by molar-refractivity contribution is 0.318. The van der Waals surface area contributed by atoms with Crippen LogP contribution in [0.4, 0.5) is 0 Å². The van der Waals surface area contributed by atoms with E-state index in [0.29, 0.717) is 12.2 Å². The third-order valence-electron chi connectivity index (χ3n) is 2.64. The van der Waals surface area contributed by atoms with E-state index in [1.165, 1.54) is 0 Å². The summed E-state index contributed by atoms with van der Waals surface area (Å²) in [6.07, 6.45) is 3.64. The van der Waals surface area contributed by atoms with Crippen LogP contribution in [-0.2, 0) is 6.54 Å². The fourth-order valence-corrected chi connectivity index (χ4v) is 1.68. The molecule has 2 rings (SSSR count). The molecule has 0 aliphatic rings. The molecule has 0 fully saturated rings. The first kappa shape index (κ1) is 11.2. The van der Waals surface area contributed by atoms with Crippen LogP contribution in [0.2, 0.25) is 0 Å². The van der Waals surface area contributed by atoms with Crippen molar-refractivity contribution in [3.05, 3.63) is 53.6 Å². The Hall–Kier alpha value is -2.30. The van der Waals surface area contributed by atoms with E-state index >= 15 is 0 Å². The smallest absolute Gasteiger partial charge is 0.186 e. The van der Waals surface area contributed by atoms with E-state index in [0.717, 1.165) is 11.3 Å². The second kappa shape index (κ2) is 4.69. The summed E-state index contributed by atoms with van der Waals surface area (Å²) in [5.41, 5.74) is 8.35. The van der Waals surface area contributed by atoms with E-state index in [2.05, 4.69) is 10.1 Å². The molecule has 5 heteroatoms. The van der Waals surface area contributed by atoms with Crippen molar-refractivity contribution >= 4 is 5.84 Å². The van der Waals surface area contributed by atoms with E-state index in [1.54, 1.807) is 12.3 Å². The van der Waals surface area contributed by atoms with Crippen molar-refractivity contribution in [2.75, 3.05) is 0 Å². The SMILES string of the molecule is Cc1cccnc1Cn1cccc1/C(N)=N/O. The second-order valence-corrected chi connectivity index (χ2v) is 3.77. The van der Waals surface area contributed by atoms with E-state index in [1.807, 2.05) is 35.9 Å². The minimum atomic E-state index is 0.101. The van der Waals surface area contributed by atoms with Gasteiger partial charge in [-0.3, -0.25) is 4.98 Å². The van der Waals surface area contributed by atoms with Gasteiger partial charge in [-0.15, -0.1) is 0 Å². The van der Waals surface area contributed by atoms with Gasteiger partial charge in [0.15, 0.2) is 5.84 Å². The highest BCUT2D eigenvalue weighted by Crippen LogP contribution is 2.09. The first-order chi connectivity index (χ1) is 8.22. The quantitative estimate of drug-likeness (QED) is 0.361. The van der Waals surface area contributed by atoms with Gasteiger partial charge in [0.05, 0.1) is 17.9 Å². The lowest BCUT2D eigenvalue weighted by atomic mass is 10.2. The molecule has 0 atom stereocenters. The Morgan fingerprint density at radius 1 is 1.47 bits per heavy atom. The average molecular weight is 230 g/mol. The number of amidine groups is 1. The lowest BCUT2D eigenvalue weighted by Crippen LogP contribution is -2.19. The normalized spacial score (nSPS) is 11.7. The maximum atomic E-state index is 8.69. The van der Waals surface area contributed by atoms with Gasteiger partial charge in [0.1, 0.15) is 0 Å². The number of hydrogen-bond donors (Lipinski definition) is 2. The van der Waals surface area contributed by atoms with Crippen molar-refractivity contribution in [2.24, 2.45) is 10.9 Å². The number of oxime groups is 1. The number of aromatic nitrogens is 2. The molecule has 2 aromatic heterocycles. The Labute approximate surface area is 99.2 Å². The standard InChI is InChI=1S/C12H14N4O/c1-9-4-2-6-14-10(9)8-16-7-3-5-11(16)12(13)15-17/h2-7,17H,8H2,1H3,(H2,13,15). The Morgan fingerprint density at radius 3 is 3.00 bits per heavy atom. The fourth-order valence-electron chi connectivity index (χ4n) is 1.68. The van der Waals surface area contributed by atoms with E-state index < -0.39 is 0 Å². The zero-order chi connectivity index (χ0) is 12.3. The highest BCUT2D eigenvalue weighted by Gasteiger charge is 2.07. The Balaban J connectivity index is 2.32. The van der Waals surface area contributed by atoms with Crippen LogP contribution in [0.3, 0.4) is 0 Å². The minimum Gasteiger partial charge on any atom is -0.409 e. The molecule has 0 saturated carbocycles. The molecule has 5 nitrogen and oxygen atoms in total. The number of nitrogens with zero attached hydrogens (tertiary/aromatic N) is 3. The summed E-state index contributed by atoms with van der Waals surface area (Å²) in [5, 5.41) is 11.7. The summed E-state index contributed by atoms with van der Waals surface area (Å²) in [6, 6.07) is 7.56. The molecule has 17 heavy (non-hydrogen) atoms. The van der Waals surface area contributed by atoms with Crippen LogP contribution in [0.5, 0.6) is 0 Å². The monoisotopic (exact) mass is 230 g/mol. The highest BCUT2D eigenvalue weighted by molar-refractivity contribution is 5.95. The Kier molecular flexibility index (Phi) is 3.09. The van der Waals surface area contributed by atoms with Crippen LogP contribution < -0.4 is 5.73 Å². The molecule has 0 saturated heterocycles. The van der Waals surface area contributed by atoms with Crippen molar-refractivity contribution in [1.29, 1.82) is 0 Å². The largest absolute Gasteiger partial charge is 0.409 e. The van der Waals surface area contributed by atoms with Gasteiger partial charge < -0.3 is 15.5 Å². The van der Waals surface area contributed by atoms with E-state index in [4.69, 9.17) is 10.9 Å². The fraction of sp³-hybridized carbons (Fsp3) is 0.167. The summed E-state index contributed by atoms with van der Waals surface area (Å²) in [6.45, 7) is 2.61. The molecule has 0 radical (unpaired) electrons. The zero-order valence-electron chi connectivity index (χ0n) is 9.54. The van der Waals surface area contributed by atoms with Crippen LogP contribution in [0, 0.1) is 6.92 Å². The summed E-state index contributed by atoms with van der Waals surface area (Å²) in [5.74, 6) is 0.101. The van der Waals surface area contributed by atoms with Crippen molar-refractivity contribution in [2.45, 2.75) is 13.5 Å². The van der Waals surface area contributed by atoms with Crippen molar-refractivity contribution < 1.29 is 5.21 Å². The van der Waals surface area contributed by atoms with Crippen molar-refractivity contribution in [1.82, 2.24) is 9.55 Å². The molecule has 88 valence electrons. The maximum absolute atomic E-state index is 8.69. The third-order valence-corrected chi connectivity index (χ3v) is 2.64. The Bertz CT molecular complexity index is 545. The topological polar surface area (TPSA) is 76.4 Å². The first-order valence-electron chi connectivity index (χ1n) is 5.26. The number of rotatable bonds is 3. The van der Waals surface area contributed by atoms with Gasteiger partial charge in [0.25, 0.3) is 0 Å². The molecule has 0 amide bonds. The van der Waals surface area contributed by atoms with E-state index in [-0.39, 0.29) is 5.84 Å². The van der Waals surface area contributed by atoms with Gasteiger partial charge in [0, 0.05) is 12.4 Å². The van der Waals surface area contributed by atoms with Crippen LogP contribution in [0.25, 0.3) is 0 Å². The molecule has 0 aliphatic carbocycles. The van der Waals surface area contributed by atoms with Gasteiger partial charge in [-0.25, -0.2) is 0 Å². The van der Waals surface area contributed by atoms with E-state index in [9.17, 15) is 0 Å². The predicted molar refractivity (Wildman–Crippen MR) is 65.0 cm³/mol. The highest BCUT2D eigenvalue weighted by atomic mass is 16.4. The molecule has 2 aromatic rings. The molecule has 0 aliphatic heterocycles. The first-order valence-corrected chi connectivity index (χ1v) is 5.26. The van der Waals surface area contributed by atoms with Gasteiger partial charge in [-0.1, -0.05) is 11.2 Å². The molecule has 0 spiro atoms. The summed E-state index contributed by atoms with van der Waals surface area (Å²) in [4.78, 5) is 4.32. The molecule has 0 bridgehead atoms. The number of pyridine rings is 1. The van der Waals surface area contributed by atoms with Crippen LogP contribution in [-0.4, -0.2) is 20.6 Å². The summed E-state index contributed by atoms with van der Waals surface area (Å²) in [7, 11) is 0. The number of aryl methyl sites for hydroxylation is 1. The van der Waals surface area contributed by atoms with Crippen LogP contribution in [0.1, 0.15) is 17.0 Å². The van der Waals surface area contributed by atoms with Crippen molar-refractivity contribution in [3.8, 4) is 0 Å². The van der Waals surface area contributed by atoms with Gasteiger partial charge >= 0.3 is 0 Å². The third kappa shape index (κ3) is 2.28. The van der Waals surface area contributed by atoms with Gasteiger partial charge in [0.2, 0.25) is 0 Å². The lowest BCUT2D eigenvalue weighted by Gasteiger charge is -2.09. The second-order valence-electron chi connectivity index (χ2n) is 3.77. The predicted octanol–water partition coefficient (Wildman–Crippen LogP) is 1.33. The summed E-state index contributed by atoms with van der Waals surface area (Å²) < 4.78 is 1.89.